The smallest absolute Gasteiger partial charge is 0.214 e. The molecule has 0 aromatic carbocycles. The van der Waals surface area contributed by atoms with Crippen molar-refractivity contribution in [3.8, 4) is 0 Å². The van der Waals surface area contributed by atoms with Gasteiger partial charge in [-0.1, -0.05) is 13.0 Å². The molecule has 134 valence electrons. The summed E-state index contributed by atoms with van der Waals surface area (Å²) in [6.45, 7) is 4.42. The molecule has 0 radical (unpaired) electrons. The molecule has 2 atom stereocenters. The molecule has 0 aliphatic carbocycles. The van der Waals surface area contributed by atoms with Gasteiger partial charge in [0.05, 0.1) is 23.7 Å². The van der Waals surface area contributed by atoms with Crippen LogP contribution < -0.4 is 0 Å². The first kappa shape index (κ1) is 17.8. The van der Waals surface area contributed by atoms with E-state index in [-0.39, 0.29) is 11.4 Å². The quantitative estimate of drug-likeness (QED) is 0.775. The van der Waals surface area contributed by atoms with E-state index in [9.17, 15) is 8.42 Å². The molecule has 2 fully saturated rings. The van der Waals surface area contributed by atoms with Crippen molar-refractivity contribution in [2.24, 2.45) is 0 Å². The number of pyridine rings is 1. The Balaban J connectivity index is 1.59. The third-order valence-electron chi connectivity index (χ3n) is 5.09. The van der Waals surface area contributed by atoms with E-state index in [2.05, 4.69) is 16.9 Å². The highest BCUT2D eigenvalue weighted by Crippen LogP contribution is 2.37. The van der Waals surface area contributed by atoms with Gasteiger partial charge in [-0.3, -0.25) is 9.88 Å². The summed E-state index contributed by atoms with van der Waals surface area (Å²) in [7, 11) is -1.04. The maximum atomic E-state index is 12.3. The lowest BCUT2D eigenvalue weighted by Crippen LogP contribution is -2.38. The molecule has 3 rings (SSSR count). The number of nitrogens with zero attached hydrogens (tertiary/aromatic N) is 3. The van der Waals surface area contributed by atoms with Crippen LogP contribution in [0.5, 0.6) is 0 Å². The van der Waals surface area contributed by atoms with Crippen LogP contribution in [-0.4, -0.2) is 66.7 Å². The Labute approximate surface area is 144 Å². The lowest BCUT2D eigenvalue weighted by Gasteiger charge is -2.25. The van der Waals surface area contributed by atoms with Gasteiger partial charge in [0, 0.05) is 31.9 Å². The standard InChI is InChI=1S/C17H27N3O3S/c1-3-10-24(21,22)20-9-7-17(14-20)11-16(13-23-17)19(2)12-15-6-4-5-8-18-15/h4-6,8,16H,3,7,9-14H2,1-2H3/t16-,17+/m1/s1. The van der Waals surface area contributed by atoms with Crippen LogP contribution >= 0.6 is 0 Å². The molecule has 2 aliphatic rings. The molecule has 1 spiro atoms. The first-order chi connectivity index (χ1) is 11.4. The summed E-state index contributed by atoms with van der Waals surface area (Å²) in [6, 6.07) is 6.24. The summed E-state index contributed by atoms with van der Waals surface area (Å²) >= 11 is 0. The first-order valence-electron chi connectivity index (χ1n) is 8.66. The zero-order valence-electron chi connectivity index (χ0n) is 14.5. The van der Waals surface area contributed by atoms with Crippen LogP contribution in [0, 0.1) is 0 Å². The Morgan fingerprint density at radius 3 is 3.00 bits per heavy atom. The number of hydrogen-bond acceptors (Lipinski definition) is 5. The minimum atomic E-state index is -3.13. The van der Waals surface area contributed by atoms with Gasteiger partial charge in [-0.25, -0.2) is 8.42 Å². The molecule has 7 heteroatoms. The highest BCUT2D eigenvalue weighted by molar-refractivity contribution is 7.89. The van der Waals surface area contributed by atoms with Gasteiger partial charge in [0.15, 0.2) is 0 Å². The van der Waals surface area contributed by atoms with E-state index in [1.54, 1.807) is 4.31 Å². The van der Waals surface area contributed by atoms with Crippen molar-refractivity contribution in [3.63, 3.8) is 0 Å². The van der Waals surface area contributed by atoms with Gasteiger partial charge in [-0.05, 0) is 38.4 Å². The summed E-state index contributed by atoms with van der Waals surface area (Å²) in [5.41, 5.74) is 0.739. The Bertz CT molecular complexity index is 652. The number of ether oxygens (including phenoxy) is 1. The van der Waals surface area contributed by atoms with Crippen molar-refractivity contribution >= 4 is 10.0 Å². The molecule has 0 unspecified atom stereocenters. The fourth-order valence-corrected chi connectivity index (χ4v) is 5.27. The molecule has 0 N–H and O–H groups in total. The molecular weight excluding hydrogens is 326 g/mol. The highest BCUT2D eigenvalue weighted by Gasteiger charge is 2.48. The zero-order valence-corrected chi connectivity index (χ0v) is 15.3. The second-order valence-electron chi connectivity index (χ2n) is 6.99. The number of likely N-dealkylation sites (N-methyl/N-ethyl adjacent to an activating group) is 1. The van der Waals surface area contributed by atoms with Gasteiger partial charge in [-0.15, -0.1) is 0 Å². The second kappa shape index (κ2) is 7.07. The molecular formula is C17H27N3O3S. The van der Waals surface area contributed by atoms with Gasteiger partial charge < -0.3 is 4.74 Å². The van der Waals surface area contributed by atoms with E-state index in [0.717, 1.165) is 25.1 Å². The van der Waals surface area contributed by atoms with E-state index in [1.807, 2.05) is 31.3 Å². The third kappa shape index (κ3) is 3.79. The van der Waals surface area contributed by atoms with Crippen LogP contribution in [0.3, 0.4) is 0 Å². The Hall–Kier alpha value is -1.02. The van der Waals surface area contributed by atoms with E-state index in [4.69, 9.17) is 4.74 Å². The van der Waals surface area contributed by atoms with Gasteiger partial charge >= 0.3 is 0 Å². The van der Waals surface area contributed by atoms with Gasteiger partial charge in [0.2, 0.25) is 10.0 Å². The SMILES string of the molecule is CCCS(=O)(=O)N1CC[C@]2(C[C@@H](N(C)Cc3ccccn3)CO2)C1. The largest absolute Gasteiger partial charge is 0.372 e. The van der Waals surface area contributed by atoms with Crippen molar-refractivity contribution in [2.45, 2.75) is 44.4 Å². The lowest BCUT2D eigenvalue weighted by atomic mass is 9.96. The van der Waals surface area contributed by atoms with Crippen LogP contribution in [0.4, 0.5) is 0 Å². The lowest BCUT2D eigenvalue weighted by molar-refractivity contribution is 0.0153. The highest BCUT2D eigenvalue weighted by atomic mass is 32.2. The topological polar surface area (TPSA) is 62.7 Å². The summed E-state index contributed by atoms with van der Waals surface area (Å²) < 4.78 is 32.3. The fourth-order valence-electron chi connectivity index (χ4n) is 3.70. The zero-order chi connectivity index (χ0) is 17.2. The Morgan fingerprint density at radius 2 is 2.29 bits per heavy atom. The fraction of sp³-hybridized carbons (Fsp3) is 0.706. The maximum absolute atomic E-state index is 12.3. The number of rotatable bonds is 6. The first-order valence-corrected chi connectivity index (χ1v) is 10.3. The second-order valence-corrected chi connectivity index (χ2v) is 9.08. The summed E-state index contributed by atoms with van der Waals surface area (Å²) in [5.74, 6) is 0.228. The van der Waals surface area contributed by atoms with E-state index >= 15 is 0 Å². The van der Waals surface area contributed by atoms with E-state index in [0.29, 0.717) is 32.2 Å². The van der Waals surface area contributed by atoms with Crippen LogP contribution in [0.2, 0.25) is 0 Å². The Morgan fingerprint density at radius 1 is 1.46 bits per heavy atom. The van der Waals surface area contributed by atoms with Crippen molar-refractivity contribution in [2.75, 3.05) is 32.5 Å². The molecule has 1 aromatic heterocycles. The van der Waals surface area contributed by atoms with E-state index in [1.165, 1.54) is 0 Å². The summed E-state index contributed by atoms with van der Waals surface area (Å²) in [4.78, 5) is 6.64. The molecule has 2 aliphatic heterocycles. The molecule has 1 aromatic rings. The Kier molecular flexibility index (Phi) is 5.24. The van der Waals surface area contributed by atoms with Crippen LogP contribution in [0.15, 0.2) is 24.4 Å². The predicted octanol–water partition coefficient (Wildman–Crippen LogP) is 1.49. The van der Waals surface area contributed by atoms with Crippen LogP contribution in [0.25, 0.3) is 0 Å². The summed E-state index contributed by atoms with van der Waals surface area (Å²) in [5, 5.41) is 0. The molecule has 2 saturated heterocycles. The van der Waals surface area contributed by atoms with Gasteiger partial charge in [0.1, 0.15) is 0 Å². The minimum absolute atomic E-state index is 0.228. The molecule has 0 saturated carbocycles. The van der Waals surface area contributed by atoms with Gasteiger partial charge in [0.25, 0.3) is 0 Å². The summed E-state index contributed by atoms with van der Waals surface area (Å²) in [6.07, 6.45) is 4.14. The van der Waals surface area contributed by atoms with E-state index < -0.39 is 10.0 Å². The van der Waals surface area contributed by atoms with Gasteiger partial charge in [-0.2, -0.15) is 4.31 Å². The molecule has 3 heterocycles. The molecule has 0 bridgehead atoms. The number of hydrogen-bond donors (Lipinski definition) is 0. The number of aromatic nitrogens is 1. The third-order valence-corrected chi connectivity index (χ3v) is 7.11. The molecule has 24 heavy (non-hydrogen) atoms. The monoisotopic (exact) mass is 353 g/mol. The van der Waals surface area contributed by atoms with Crippen molar-refractivity contribution < 1.29 is 13.2 Å². The van der Waals surface area contributed by atoms with Crippen LogP contribution in [-0.2, 0) is 21.3 Å². The van der Waals surface area contributed by atoms with Crippen molar-refractivity contribution in [1.29, 1.82) is 0 Å². The molecule has 6 nitrogen and oxygen atoms in total. The maximum Gasteiger partial charge on any atom is 0.214 e. The van der Waals surface area contributed by atoms with Crippen molar-refractivity contribution in [3.05, 3.63) is 30.1 Å². The normalized spacial score (nSPS) is 28.2. The minimum Gasteiger partial charge on any atom is -0.372 e. The van der Waals surface area contributed by atoms with Crippen molar-refractivity contribution in [1.82, 2.24) is 14.2 Å². The average molecular weight is 353 g/mol. The predicted molar refractivity (Wildman–Crippen MR) is 93.1 cm³/mol. The van der Waals surface area contributed by atoms with Crippen LogP contribution in [0.1, 0.15) is 31.9 Å². The number of sulfonamides is 1. The molecule has 0 amide bonds. The average Bonchev–Trinajstić information content (AvgIpc) is 3.17.